The van der Waals surface area contributed by atoms with Crippen LogP contribution in [0.15, 0.2) is 48.5 Å². The number of nitrogens with one attached hydrogen (secondary N) is 1. The van der Waals surface area contributed by atoms with Crippen LogP contribution in [0, 0.1) is 0 Å². The van der Waals surface area contributed by atoms with Gasteiger partial charge in [0.05, 0.1) is 12.2 Å². The zero-order chi connectivity index (χ0) is 19.1. The third-order valence-electron chi connectivity index (χ3n) is 4.96. The molecule has 0 bridgehead atoms. The number of carbonyl (C=O) groups is 1. The summed E-state index contributed by atoms with van der Waals surface area (Å²) >= 11 is 0. The molecule has 1 N–H and O–H groups in total. The number of carbonyl (C=O) groups excluding carboxylic acids is 1. The van der Waals surface area contributed by atoms with Crippen LogP contribution in [0.1, 0.15) is 29.8 Å². The average Bonchev–Trinajstić information content (AvgIpc) is 2.71. The Labute approximate surface area is 161 Å². The molecule has 1 saturated heterocycles. The van der Waals surface area contributed by atoms with Crippen LogP contribution >= 0.6 is 0 Å². The molecule has 1 aliphatic rings. The number of nitrogens with zero attached hydrogens (tertiary/aromatic N) is 2. The monoisotopic (exact) mass is 367 g/mol. The fourth-order valence-electron chi connectivity index (χ4n) is 3.35. The number of anilines is 1. The molecule has 1 heterocycles. The van der Waals surface area contributed by atoms with Gasteiger partial charge < -0.3 is 15.0 Å². The van der Waals surface area contributed by atoms with Crippen molar-refractivity contribution in [1.29, 1.82) is 0 Å². The number of piperazine rings is 1. The summed E-state index contributed by atoms with van der Waals surface area (Å²) in [5.41, 5.74) is 2.62. The van der Waals surface area contributed by atoms with Gasteiger partial charge in [-0.25, -0.2) is 0 Å². The van der Waals surface area contributed by atoms with Crippen molar-refractivity contribution in [3.63, 3.8) is 0 Å². The molecule has 1 aliphatic heterocycles. The number of hydrogen-bond acceptors (Lipinski definition) is 4. The molecule has 1 amide bonds. The molecule has 144 valence electrons. The van der Waals surface area contributed by atoms with Crippen molar-refractivity contribution in [3.05, 3.63) is 59.7 Å². The lowest BCUT2D eigenvalue weighted by Gasteiger charge is -2.34. The molecule has 3 rings (SSSR count). The largest absolute Gasteiger partial charge is 0.493 e. The molecule has 2 aromatic carbocycles. The number of likely N-dealkylation sites (N-methyl/N-ethyl adjacent to an activating group) is 1. The number of ether oxygens (including phenoxy) is 1. The highest BCUT2D eigenvalue weighted by Crippen LogP contribution is 2.20. The molecule has 0 atom stereocenters. The van der Waals surface area contributed by atoms with Crippen molar-refractivity contribution in [3.8, 4) is 5.75 Å². The topological polar surface area (TPSA) is 44.8 Å². The average molecular weight is 367 g/mol. The van der Waals surface area contributed by atoms with Crippen LogP contribution in [0.4, 0.5) is 5.69 Å². The van der Waals surface area contributed by atoms with Crippen molar-refractivity contribution in [2.24, 2.45) is 0 Å². The molecule has 0 saturated carbocycles. The second-order valence-corrected chi connectivity index (χ2v) is 6.79. The molecule has 1 fully saturated rings. The van der Waals surface area contributed by atoms with Crippen molar-refractivity contribution in [2.45, 2.75) is 20.4 Å². The van der Waals surface area contributed by atoms with Crippen LogP contribution in [-0.4, -0.2) is 55.0 Å². The maximum absolute atomic E-state index is 12.6. The zero-order valence-corrected chi connectivity index (χ0v) is 16.3. The van der Waals surface area contributed by atoms with Crippen molar-refractivity contribution < 1.29 is 9.53 Å². The Morgan fingerprint density at radius 3 is 2.30 bits per heavy atom. The number of rotatable bonds is 7. The van der Waals surface area contributed by atoms with E-state index in [-0.39, 0.29) is 5.91 Å². The third kappa shape index (κ3) is 5.31. The van der Waals surface area contributed by atoms with Gasteiger partial charge >= 0.3 is 0 Å². The van der Waals surface area contributed by atoms with Gasteiger partial charge in [-0.05, 0) is 43.3 Å². The van der Waals surface area contributed by atoms with Gasteiger partial charge in [-0.1, -0.05) is 31.2 Å². The first-order chi connectivity index (χ1) is 13.2. The zero-order valence-electron chi connectivity index (χ0n) is 16.3. The third-order valence-corrected chi connectivity index (χ3v) is 4.96. The summed E-state index contributed by atoms with van der Waals surface area (Å²) < 4.78 is 5.55. The minimum Gasteiger partial charge on any atom is -0.493 e. The van der Waals surface area contributed by atoms with Crippen LogP contribution in [-0.2, 0) is 6.54 Å². The summed E-state index contributed by atoms with van der Waals surface area (Å²) in [7, 11) is 0. The number of benzene rings is 2. The van der Waals surface area contributed by atoms with Gasteiger partial charge in [-0.2, -0.15) is 0 Å². The Kier molecular flexibility index (Phi) is 6.85. The molecule has 5 heteroatoms. The summed E-state index contributed by atoms with van der Waals surface area (Å²) in [5, 5.41) is 2.96. The predicted octanol–water partition coefficient (Wildman–Crippen LogP) is 3.48. The molecule has 2 aromatic rings. The SMILES string of the molecule is CCOc1ccccc1C(=O)Nc1ccc(CN2CCN(CC)CC2)cc1. The number of para-hydroxylation sites is 1. The van der Waals surface area contributed by atoms with Crippen LogP contribution in [0.25, 0.3) is 0 Å². The predicted molar refractivity (Wildman–Crippen MR) is 109 cm³/mol. The van der Waals surface area contributed by atoms with E-state index in [4.69, 9.17) is 4.74 Å². The van der Waals surface area contributed by atoms with Crippen molar-refractivity contribution in [1.82, 2.24) is 9.80 Å². The summed E-state index contributed by atoms with van der Waals surface area (Å²) in [6.45, 7) is 11.3. The van der Waals surface area contributed by atoms with Gasteiger partial charge in [0.25, 0.3) is 5.91 Å². The molecule has 0 spiro atoms. The van der Waals surface area contributed by atoms with Gasteiger partial charge in [-0.3, -0.25) is 9.69 Å². The van der Waals surface area contributed by atoms with Crippen LogP contribution in [0.3, 0.4) is 0 Å². The molecule has 27 heavy (non-hydrogen) atoms. The highest BCUT2D eigenvalue weighted by molar-refractivity contribution is 6.06. The molecular weight excluding hydrogens is 338 g/mol. The quantitative estimate of drug-likeness (QED) is 0.814. The summed E-state index contributed by atoms with van der Waals surface area (Å²) in [4.78, 5) is 17.5. The summed E-state index contributed by atoms with van der Waals surface area (Å²) in [5.74, 6) is 0.461. The number of hydrogen-bond donors (Lipinski definition) is 1. The lowest BCUT2D eigenvalue weighted by molar-refractivity contribution is 0.102. The van der Waals surface area contributed by atoms with E-state index in [0.717, 1.165) is 45.0 Å². The minimum atomic E-state index is -0.150. The normalized spacial score (nSPS) is 15.5. The lowest BCUT2D eigenvalue weighted by atomic mass is 10.1. The molecule has 5 nitrogen and oxygen atoms in total. The highest BCUT2D eigenvalue weighted by atomic mass is 16.5. The van der Waals surface area contributed by atoms with E-state index >= 15 is 0 Å². The molecule has 0 radical (unpaired) electrons. The summed E-state index contributed by atoms with van der Waals surface area (Å²) in [6, 6.07) is 15.4. The molecule has 0 aromatic heterocycles. The van der Waals surface area contributed by atoms with E-state index in [1.807, 2.05) is 37.3 Å². The minimum absolute atomic E-state index is 0.150. The van der Waals surface area contributed by atoms with Crippen molar-refractivity contribution >= 4 is 11.6 Å². The molecular formula is C22H29N3O2. The van der Waals surface area contributed by atoms with E-state index < -0.39 is 0 Å². The molecule has 0 aliphatic carbocycles. The van der Waals surface area contributed by atoms with Crippen molar-refractivity contribution in [2.75, 3.05) is 44.6 Å². The van der Waals surface area contributed by atoms with E-state index in [2.05, 4.69) is 34.2 Å². The van der Waals surface area contributed by atoms with Crippen LogP contribution < -0.4 is 10.1 Å². The van der Waals surface area contributed by atoms with E-state index in [0.29, 0.717) is 17.9 Å². The molecule has 0 unspecified atom stereocenters. The first-order valence-corrected chi connectivity index (χ1v) is 9.76. The Morgan fingerprint density at radius 1 is 0.963 bits per heavy atom. The maximum Gasteiger partial charge on any atom is 0.259 e. The second kappa shape index (κ2) is 9.53. The smallest absolute Gasteiger partial charge is 0.259 e. The van der Waals surface area contributed by atoms with E-state index in [9.17, 15) is 4.79 Å². The van der Waals surface area contributed by atoms with Crippen LogP contribution in [0.2, 0.25) is 0 Å². The van der Waals surface area contributed by atoms with E-state index in [1.54, 1.807) is 6.07 Å². The lowest BCUT2D eigenvalue weighted by Crippen LogP contribution is -2.45. The maximum atomic E-state index is 12.6. The fraction of sp³-hybridized carbons (Fsp3) is 0.409. The first kappa shape index (κ1) is 19.4. The van der Waals surface area contributed by atoms with Gasteiger partial charge in [-0.15, -0.1) is 0 Å². The highest BCUT2D eigenvalue weighted by Gasteiger charge is 2.16. The van der Waals surface area contributed by atoms with Gasteiger partial charge in [0.2, 0.25) is 0 Å². The first-order valence-electron chi connectivity index (χ1n) is 9.76. The Hall–Kier alpha value is -2.37. The Balaban J connectivity index is 1.57. The Morgan fingerprint density at radius 2 is 1.63 bits per heavy atom. The van der Waals surface area contributed by atoms with Gasteiger partial charge in [0.15, 0.2) is 0 Å². The fourth-order valence-corrected chi connectivity index (χ4v) is 3.35. The van der Waals surface area contributed by atoms with Gasteiger partial charge in [0.1, 0.15) is 5.75 Å². The van der Waals surface area contributed by atoms with Crippen LogP contribution in [0.5, 0.6) is 5.75 Å². The van der Waals surface area contributed by atoms with E-state index in [1.165, 1.54) is 5.56 Å². The summed E-state index contributed by atoms with van der Waals surface area (Å²) in [6.07, 6.45) is 0. The second-order valence-electron chi connectivity index (χ2n) is 6.79. The standard InChI is InChI=1S/C22H29N3O2/c1-3-24-13-15-25(16-14-24)17-18-9-11-19(12-10-18)23-22(26)20-7-5-6-8-21(20)27-4-2/h5-12H,3-4,13-17H2,1-2H3,(H,23,26). The number of amides is 1. The van der Waals surface area contributed by atoms with Gasteiger partial charge in [0, 0.05) is 38.4 Å². The Bertz CT molecular complexity index is 737.